The van der Waals surface area contributed by atoms with E-state index in [4.69, 9.17) is 5.73 Å². The highest BCUT2D eigenvalue weighted by Gasteiger charge is 2.10. The maximum Gasteiger partial charge on any atom is 0.237 e. The first kappa shape index (κ1) is 14.3. The Morgan fingerprint density at radius 1 is 1.05 bits per heavy atom. The van der Waals surface area contributed by atoms with Crippen molar-refractivity contribution in [1.29, 1.82) is 0 Å². The van der Waals surface area contributed by atoms with E-state index in [0.717, 1.165) is 5.56 Å². The number of amides is 1. The summed E-state index contributed by atoms with van der Waals surface area (Å²) >= 11 is 0. The Bertz CT molecular complexity index is 614. The highest BCUT2D eigenvalue weighted by molar-refractivity contribution is 7.84. The summed E-state index contributed by atoms with van der Waals surface area (Å²) in [5, 5.41) is 2.67. The Labute approximate surface area is 120 Å². The molecule has 0 aliphatic heterocycles. The quantitative estimate of drug-likeness (QED) is 0.828. The van der Waals surface area contributed by atoms with E-state index >= 15 is 0 Å². The Balaban J connectivity index is 1.89. The number of hydrogen-bond acceptors (Lipinski definition) is 3. The molecule has 5 heteroatoms. The molecule has 0 aromatic heterocycles. The zero-order chi connectivity index (χ0) is 14.4. The van der Waals surface area contributed by atoms with Crippen LogP contribution in [0.4, 0.5) is 11.4 Å². The second-order valence-electron chi connectivity index (χ2n) is 4.35. The lowest BCUT2D eigenvalue weighted by Crippen LogP contribution is -2.20. The average molecular weight is 288 g/mol. The zero-order valence-electron chi connectivity index (χ0n) is 10.9. The molecule has 4 nitrogen and oxygen atoms in total. The van der Waals surface area contributed by atoms with Crippen LogP contribution >= 0.6 is 0 Å². The van der Waals surface area contributed by atoms with Gasteiger partial charge in [0.25, 0.3) is 0 Å². The standard InChI is InChI=1S/C15H16N2O2S/c16-13-8-4-5-9-14(13)17-15(18)11-20(19)10-12-6-2-1-3-7-12/h1-9H,10-11,16H2,(H,17,18). The number of anilines is 2. The lowest BCUT2D eigenvalue weighted by molar-refractivity contribution is -0.113. The fourth-order valence-corrected chi connectivity index (χ4v) is 2.79. The van der Waals surface area contributed by atoms with Crippen LogP contribution in [0.15, 0.2) is 54.6 Å². The third-order valence-corrected chi connectivity index (χ3v) is 3.94. The number of rotatable bonds is 5. The van der Waals surface area contributed by atoms with Crippen LogP contribution < -0.4 is 11.1 Å². The molecule has 0 spiro atoms. The van der Waals surface area contributed by atoms with Gasteiger partial charge in [0.2, 0.25) is 5.91 Å². The molecule has 2 rings (SSSR count). The summed E-state index contributed by atoms with van der Waals surface area (Å²) in [6.45, 7) is 0. The van der Waals surface area contributed by atoms with Crippen molar-refractivity contribution in [1.82, 2.24) is 0 Å². The van der Waals surface area contributed by atoms with E-state index in [2.05, 4.69) is 5.32 Å². The van der Waals surface area contributed by atoms with Crippen molar-refractivity contribution in [3.05, 3.63) is 60.2 Å². The van der Waals surface area contributed by atoms with Gasteiger partial charge in [0.05, 0.1) is 11.4 Å². The maximum absolute atomic E-state index is 11.9. The number of nitrogens with one attached hydrogen (secondary N) is 1. The highest BCUT2D eigenvalue weighted by atomic mass is 32.2. The largest absolute Gasteiger partial charge is 0.397 e. The van der Waals surface area contributed by atoms with Gasteiger partial charge in [0.15, 0.2) is 0 Å². The summed E-state index contributed by atoms with van der Waals surface area (Å²) < 4.78 is 11.9. The van der Waals surface area contributed by atoms with Crippen molar-refractivity contribution < 1.29 is 9.00 Å². The predicted octanol–water partition coefficient (Wildman–Crippen LogP) is 2.16. The Kier molecular flexibility index (Phi) is 4.90. The van der Waals surface area contributed by atoms with E-state index in [0.29, 0.717) is 17.1 Å². The second-order valence-corrected chi connectivity index (χ2v) is 5.81. The van der Waals surface area contributed by atoms with Crippen LogP contribution in [-0.4, -0.2) is 15.9 Å². The monoisotopic (exact) mass is 288 g/mol. The summed E-state index contributed by atoms with van der Waals surface area (Å²) in [7, 11) is -1.23. The number of nitrogen functional groups attached to an aromatic ring is 1. The number of nitrogens with two attached hydrogens (primary N) is 1. The summed E-state index contributed by atoms with van der Waals surface area (Å²) in [4.78, 5) is 11.8. The lowest BCUT2D eigenvalue weighted by atomic mass is 10.2. The van der Waals surface area contributed by atoms with Gasteiger partial charge in [-0.3, -0.25) is 9.00 Å². The highest BCUT2D eigenvalue weighted by Crippen LogP contribution is 2.16. The summed E-state index contributed by atoms with van der Waals surface area (Å²) in [5.41, 5.74) is 7.73. The molecular weight excluding hydrogens is 272 g/mol. The zero-order valence-corrected chi connectivity index (χ0v) is 11.7. The molecule has 104 valence electrons. The first-order valence-electron chi connectivity index (χ1n) is 6.18. The van der Waals surface area contributed by atoms with Gasteiger partial charge in [-0.15, -0.1) is 0 Å². The fourth-order valence-electron chi connectivity index (χ4n) is 1.75. The molecule has 1 atom stereocenters. The molecule has 2 aromatic carbocycles. The van der Waals surface area contributed by atoms with E-state index in [1.807, 2.05) is 30.3 Å². The van der Waals surface area contributed by atoms with Crippen molar-refractivity contribution in [2.24, 2.45) is 0 Å². The molecular formula is C15H16N2O2S. The first-order chi connectivity index (χ1) is 9.65. The number of hydrogen-bond donors (Lipinski definition) is 2. The van der Waals surface area contributed by atoms with Crippen molar-refractivity contribution in [2.75, 3.05) is 16.8 Å². The Morgan fingerprint density at radius 2 is 1.70 bits per heavy atom. The number of para-hydroxylation sites is 2. The summed E-state index contributed by atoms with van der Waals surface area (Å²) in [6, 6.07) is 16.5. The van der Waals surface area contributed by atoms with Crippen molar-refractivity contribution in [3.8, 4) is 0 Å². The molecule has 0 saturated carbocycles. The predicted molar refractivity (Wildman–Crippen MR) is 82.6 cm³/mol. The first-order valence-corrected chi connectivity index (χ1v) is 7.67. The van der Waals surface area contributed by atoms with Gasteiger partial charge in [-0.2, -0.15) is 0 Å². The van der Waals surface area contributed by atoms with E-state index < -0.39 is 10.8 Å². The minimum atomic E-state index is -1.23. The van der Waals surface area contributed by atoms with Gasteiger partial charge in [0, 0.05) is 16.6 Å². The summed E-state index contributed by atoms with van der Waals surface area (Å²) in [6.07, 6.45) is 0. The molecule has 1 unspecified atom stereocenters. The molecule has 0 aliphatic rings. The second kappa shape index (κ2) is 6.86. The van der Waals surface area contributed by atoms with Crippen LogP contribution in [0.5, 0.6) is 0 Å². The van der Waals surface area contributed by atoms with E-state index in [1.54, 1.807) is 24.3 Å². The molecule has 1 amide bonds. The molecule has 0 radical (unpaired) electrons. The van der Waals surface area contributed by atoms with E-state index in [9.17, 15) is 9.00 Å². The van der Waals surface area contributed by atoms with Crippen molar-refractivity contribution in [2.45, 2.75) is 5.75 Å². The third kappa shape index (κ3) is 4.20. The van der Waals surface area contributed by atoms with Gasteiger partial charge < -0.3 is 11.1 Å². The van der Waals surface area contributed by atoms with Gasteiger partial charge in [-0.25, -0.2) is 0 Å². The molecule has 3 N–H and O–H groups in total. The minimum absolute atomic E-state index is 0.0385. The van der Waals surface area contributed by atoms with Crippen LogP contribution in [0.2, 0.25) is 0 Å². The number of carbonyl (C=O) groups is 1. The van der Waals surface area contributed by atoms with Crippen LogP contribution in [0.3, 0.4) is 0 Å². The van der Waals surface area contributed by atoms with E-state index in [1.165, 1.54) is 0 Å². The molecule has 0 bridgehead atoms. The average Bonchev–Trinajstić information content (AvgIpc) is 2.42. The van der Waals surface area contributed by atoms with Crippen LogP contribution in [0, 0.1) is 0 Å². The van der Waals surface area contributed by atoms with Gasteiger partial charge >= 0.3 is 0 Å². The van der Waals surface area contributed by atoms with Crippen molar-refractivity contribution in [3.63, 3.8) is 0 Å². The SMILES string of the molecule is Nc1ccccc1NC(=O)CS(=O)Cc1ccccc1. The van der Waals surface area contributed by atoms with Gasteiger partial charge in [-0.1, -0.05) is 42.5 Å². The summed E-state index contributed by atoms with van der Waals surface area (Å²) in [5.74, 6) is 0.0408. The van der Waals surface area contributed by atoms with Gasteiger partial charge in [-0.05, 0) is 17.7 Å². The van der Waals surface area contributed by atoms with Crippen LogP contribution in [0.25, 0.3) is 0 Å². The third-order valence-electron chi connectivity index (χ3n) is 2.70. The molecule has 2 aromatic rings. The van der Waals surface area contributed by atoms with Crippen LogP contribution in [0.1, 0.15) is 5.56 Å². The molecule has 0 heterocycles. The normalized spacial score (nSPS) is 11.8. The number of carbonyl (C=O) groups excluding carboxylic acids is 1. The Hall–Kier alpha value is -2.14. The number of benzene rings is 2. The van der Waals surface area contributed by atoms with E-state index in [-0.39, 0.29) is 11.7 Å². The molecule has 0 fully saturated rings. The lowest BCUT2D eigenvalue weighted by Gasteiger charge is -2.07. The smallest absolute Gasteiger partial charge is 0.237 e. The Morgan fingerprint density at radius 3 is 2.40 bits per heavy atom. The molecule has 20 heavy (non-hydrogen) atoms. The molecule has 0 saturated heterocycles. The van der Waals surface area contributed by atoms with Crippen LogP contribution in [-0.2, 0) is 21.3 Å². The maximum atomic E-state index is 11.9. The van der Waals surface area contributed by atoms with Crippen molar-refractivity contribution >= 4 is 28.1 Å². The fraction of sp³-hybridized carbons (Fsp3) is 0.133. The van der Waals surface area contributed by atoms with Gasteiger partial charge in [0.1, 0.15) is 5.75 Å². The minimum Gasteiger partial charge on any atom is -0.397 e. The molecule has 0 aliphatic carbocycles. The topological polar surface area (TPSA) is 72.2 Å².